The highest BCUT2D eigenvalue weighted by Gasteiger charge is 2.25. The van der Waals surface area contributed by atoms with E-state index in [9.17, 15) is 13.2 Å². The fourth-order valence-electron chi connectivity index (χ4n) is 1.44. The van der Waals surface area contributed by atoms with Gasteiger partial charge in [-0.1, -0.05) is 0 Å². The van der Waals surface area contributed by atoms with Crippen LogP contribution in [0.2, 0.25) is 0 Å². The van der Waals surface area contributed by atoms with Crippen molar-refractivity contribution in [3.05, 3.63) is 23.8 Å². The van der Waals surface area contributed by atoms with E-state index >= 15 is 0 Å². The molecule has 0 aliphatic heterocycles. The van der Waals surface area contributed by atoms with Crippen molar-refractivity contribution in [1.82, 2.24) is 0 Å². The Balaban J connectivity index is 2.37. The number of hydrogen-bond acceptors (Lipinski definition) is 2. The smallest absolute Gasteiger partial charge is 0.389 e. The van der Waals surface area contributed by atoms with Crippen molar-refractivity contribution in [3.8, 4) is 0 Å². The van der Waals surface area contributed by atoms with E-state index in [1.807, 2.05) is 13.0 Å². The molecule has 0 fully saturated rings. The minimum Gasteiger partial charge on any atom is -0.399 e. The lowest BCUT2D eigenvalue weighted by atomic mass is 10.2. The zero-order chi connectivity index (χ0) is 12.2. The van der Waals surface area contributed by atoms with Crippen LogP contribution in [0.5, 0.6) is 0 Å². The Labute approximate surface area is 92.6 Å². The number of aryl methyl sites for hydroxylation is 1. The molecule has 0 radical (unpaired) electrons. The molecular weight excluding hydrogens is 217 g/mol. The zero-order valence-electron chi connectivity index (χ0n) is 9.06. The fourth-order valence-corrected chi connectivity index (χ4v) is 1.44. The number of rotatable bonds is 4. The molecule has 0 bridgehead atoms. The highest BCUT2D eigenvalue weighted by atomic mass is 19.4. The Morgan fingerprint density at radius 3 is 2.50 bits per heavy atom. The van der Waals surface area contributed by atoms with Crippen LogP contribution in [-0.4, -0.2) is 12.7 Å². The average molecular weight is 232 g/mol. The maximum absolute atomic E-state index is 11.9. The largest absolute Gasteiger partial charge is 0.399 e. The summed E-state index contributed by atoms with van der Waals surface area (Å²) in [7, 11) is 0. The van der Waals surface area contributed by atoms with Gasteiger partial charge >= 0.3 is 6.18 Å². The summed E-state index contributed by atoms with van der Waals surface area (Å²) < 4.78 is 35.6. The Hall–Kier alpha value is -1.39. The van der Waals surface area contributed by atoms with Crippen LogP contribution in [0.1, 0.15) is 18.4 Å². The number of nitrogens with one attached hydrogen (secondary N) is 1. The monoisotopic (exact) mass is 232 g/mol. The van der Waals surface area contributed by atoms with Crippen LogP contribution in [0.15, 0.2) is 18.2 Å². The van der Waals surface area contributed by atoms with Crippen molar-refractivity contribution >= 4 is 11.4 Å². The van der Waals surface area contributed by atoms with Crippen molar-refractivity contribution in [2.45, 2.75) is 25.9 Å². The van der Waals surface area contributed by atoms with Crippen LogP contribution in [0.3, 0.4) is 0 Å². The van der Waals surface area contributed by atoms with Crippen molar-refractivity contribution < 1.29 is 13.2 Å². The molecule has 0 spiro atoms. The summed E-state index contributed by atoms with van der Waals surface area (Å²) in [6, 6.07) is 5.37. The molecule has 2 nitrogen and oxygen atoms in total. The molecule has 3 N–H and O–H groups in total. The molecule has 16 heavy (non-hydrogen) atoms. The van der Waals surface area contributed by atoms with Crippen LogP contribution < -0.4 is 11.1 Å². The van der Waals surface area contributed by atoms with E-state index in [0.717, 1.165) is 11.3 Å². The maximum Gasteiger partial charge on any atom is 0.389 e. The molecule has 90 valence electrons. The average Bonchev–Trinajstić information content (AvgIpc) is 2.09. The predicted molar refractivity (Wildman–Crippen MR) is 59.4 cm³/mol. The fraction of sp³-hybridized carbons (Fsp3) is 0.455. The molecule has 0 atom stereocenters. The van der Waals surface area contributed by atoms with Gasteiger partial charge < -0.3 is 11.1 Å². The van der Waals surface area contributed by atoms with Gasteiger partial charge in [0.25, 0.3) is 0 Å². The molecule has 0 saturated carbocycles. The maximum atomic E-state index is 11.9. The first-order valence-corrected chi connectivity index (χ1v) is 5.04. The van der Waals surface area contributed by atoms with Gasteiger partial charge in [0.05, 0.1) is 0 Å². The summed E-state index contributed by atoms with van der Waals surface area (Å²) in [6.07, 6.45) is -4.77. The Kier molecular flexibility index (Phi) is 4.04. The molecule has 0 aromatic heterocycles. The zero-order valence-corrected chi connectivity index (χ0v) is 9.06. The predicted octanol–water partition coefficient (Wildman–Crippen LogP) is 3.33. The van der Waals surface area contributed by atoms with Crippen molar-refractivity contribution in [2.75, 3.05) is 17.6 Å². The molecule has 0 unspecified atom stereocenters. The van der Waals surface area contributed by atoms with Crippen molar-refractivity contribution in [2.24, 2.45) is 0 Å². The molecule has 1 rings (SSSR count). The van der Waals surface area contributed by atoms with Gasteiger partial charge in [0.2, 0.25) is 0 Å². The number of nitrogen functional groups attached to an aromatic ring is 1. The Morgan fingerprint density at radius 2 is 1.94 bits per heavy atom. The number of anilines is 2. The third-order valence-electron chi connectivity index (χ3n) is 2.07. The highest BCUT2D eigenvalue weighted by Crippen LogP contribution is 2.21. The van der Waals surface area contributed by atoms with Gasteiger partial charge in [-0.15, -0.1) is 0 Å². The van der Waals surface area contributed by atoms with E-state index in [-0.39, 0.29) is 6.42 Å². The first kappa shape index (κ1) is 12.7. The van der Waals surface area contributed by atoms with E-state index in [2.05, 4.69) is 5.32 Å². The lowest BCUT2D eigenvalue weighted by molar-refractivity contribution is -0.134. The van der Waals surface area contributed by atoms with Crippen LogP contribution in [0.4, 0.5) is 24.5 Å². The van der Waals surface area contributed by atoms with Gasteiger partial charge in [-0.25, -0.2) is 0 Å². The molecule has 0 aliphatic carbocycles. The third kappa shape index (κ3) is 4.91. The van der Waals surface area contributed by atoms with Crippen LogP contribution in [0, 0.1) is 6.92 Å². The Bertz CT molecular complexity index is 327. The SMILES string of the molecule is Cc1cc(N)cc(NCCCC(F)(F)F)c1. The quantitative estimate of drug-likeness (QED) is 0.617. The molecule has 0 heterocycles. The minimum absolute atomic E-state index is 0.0668. The summed E-state index contributed by atoms with van der Waals surface area (Å²) in [4.78, 5) is 0. The number of hydrogen-bond donors (Lipinski definition) is 2. The van der Waals surface area contributed by atoms with Gasteiger partial charge in [0.15, 0.2) is 0 Å². The number of nitrogens with two attached hydrogens (primary N) is 1. The molecule has 0 saturated heterocycles. The second-order valence-electron chi connectivity index (χ2n) is 3.78. The number of alkyl halides is 3. The van der Waals surface area contributed by atoms with E-state index in [1.165, 1.54) is 0 Å². The molecular formula is C11H15F3N2. The van der Waals surface area contributed by atoms with Gasteiger partial charge in [0.1, 0.15) is 0 Å². The second-order valence-corrected chi connectivity index (χ2v) is 3.78. The standard InChI is InChI=1S/C11H15F3N2/c1-8-5-9(15)7-10(6-8)16-4-2-3-11(12,13)14/h5-7,16H,2-4,15H2,1H3. The van der Waals surface area contributed by atoms with E-state index in [0.29, 0.717) is 12.2 Å². The number of benzene rings is 1. The van der Waals surface area contributed by atoms with Gasteiger partial charge in [-0.05, 0) is 37.1 Å². The topological polar surface area (TPSA) is 38.0 Å². The second kappa shape index (κ2) is 5.09. The van der Waals surface area contributed by atoms with Crippen LogP contribution >= 0.6 is 0 Å². The summed E-state index contributed by atoms with van der Waals surface area (Å²) in [5.41, 5.74) is 7.97. The van der Waals surface area contributed by atoms with E-state index in [4.69, 9.17) is 5.73 Å². The van der Waals surface area contributed by atoms with Gasteiger partial charge in [0, 0.05) is 24.3 Å². The highest BCUT2D eigenvalue weighted by molar-refractivity contribution is 5.56. The van der Waals surface area contributed by atoms with Crippen LogP contribution in [0.25, 0.3) is 0 Å². The summed E-state index contributed by atoms with van der Waals surface area (Å²) >= 11 is 0. The van der Waals surface area contributed by atoms with E-state index in [1.54, 1.807) is 12.1 Å². The first-order valence-electron chi connectivity index (χ1n) is 5.04. The molecule has 5 heteroatoms. The molecule has 1 aromatic carbocycles. The Morgan fingerprint density at radius 1 is 1.25 bits per heavy atom. The first-order chi connectivity index (χ1) is 7.37. The van der Waals surface area contributed by atoms with Crippen molar-refractivity contribution in [3.63, 3.8) is 0 Å². The molecule has 0 amide bonds. The van der Waals surface area contributed by atoms with Crippen LogP contribution in [-0.2, 0) is 0 Å². The third-order valence-corrected chi connectivity index (χ3v) is 2.07. The molecule has 0 aliphatic rings. The van der Waals surface area contributed by atoms with Gasteiger partial charge in [-0.2, -0.15) is 13.2 Å². The molecule has 1 aromatic rings. The minimum atomic E-state index is -4.08. The van der Waals surface area contributed by atoms with E-state index < -0.39 is 12.6 Å². The summed E-state index contributed by atoms with van der Waals surface area (Å²) in [5.74, 6) is 0. The summed E-state index contributed by atoms with van der Waals surface area (Å²) in [6.45, 7) is 2.18. The lowest BCUT2D eigenvalue weighted by Gasteiger charge is -2.09. The lowest BCUT2D eigenvalue weighted by Crippen LogP contribution is -2.11. The summed E-state index contributed by atoms with van der Waals surface area (Å²) in [5, 5.41) is 2.92. The normalized spacial score (nSPS) is 11.5. The van der Waals surface area contributed by atoms with Crippen molar-refractivity contribution in [1.29, 1.82) is 0 Å². The number of halogens is 3. The van der Waals surface area contributed by atoms with Gasteiger partial charge in [-0.3, -0.25) is 0 Å².